The van der Waals surface area contributed by atoms with Crippen molar-refractivity contribution in [1.82, 2.24) is 0 Å². The number of nitriles is 1. The van der Waals surface area contributed by atoms with E-state index in [1.165, 1.54) is 18.2 Å². The first-order valence-electron chi connectivity index (χ1n) is 9.00. The highest BCUT2D eigenvalue weighted by Crippen LogP contribution is 2.17. The third-order valence-corrected chi connectivity index (χ3v) is 4.13. The predicted octanol–water partition coefficient (Wildman–Crippen LogP) is 5.26. The van der Waals surface area contributed by atoms with Gasteiger partial charge in [-0.2, -0.15) is 5.26 Å². The second-order valence-corrected chi connectivity index (χ2v) is 6.48. The number of aryl methyl sites for hydroxylation is 1. The minimum absolute atomic E-state index is 0.0000600. The van der Waals surface area contributed by atoms with Crippen molar-refractivity contribution in [2.45, 2.75) is 13.5 Å². The van der Waals surface area contributed by atoms with E-state index in [2.05, 4.69) is 5.32 Å². The summed E-state index contributed by atoms with van der Waals surface area (Å²) in [5.41, 5.74) is 3.07. The van der Waals surface area contributed by atoms with Crippen molar-refractivity contribution >= 4 is 17.7 Å². The first kappa shape index (κ1) is 19.8. The number of hydrogen-bond donors (Lipinski definition) is 1. The number of ether oxygens (including phenoxy) is 1. The monoisotopic (exact) mass is 386 g/mol. The maximum absolute atomic E-state index is 13.2. The van der Waals surface area contributed by atoms with E-state index >= 15 is 0 Å². The number of halogens is 1. The zero-order valence-electron chi connectivity index (χ0n) is 15.9. The lowest BCUT2D eigenvalue weighted by Crippen LogP contribution is -2.13. The molecule has 0 fully saturated rings. The summed E-state index contributed by atoms with van der Waals surface area (Å²) in [5, 5.41) is 12.1. The highest BCUT2D eigenvalue weighted by molar-refractivity contribution is 6.09. The molecule has 3 rings (SSSR count). The van der Waals surface area contributed by atoms with E-state index in [1.54, 1.807) is 42.5 Å². The number of hydrogen-bond acceptors (Lipinski definition) is 3. The van der Waals surface area contributed by atoms with Crippen molar-refractivity contribution in [3.8, 4) is 11.8 Å². The van der Waals surface area contributed by atoms with Gasteiger partial charge < -0.3 is 10.1 Å². The summed E-state index contributed by atoms with van der Waals surface area (Å²) in [7, 11) is 0. The second kappa shape index (κ2) is 9.34. The summed E-state index contributed by atoms with van der Waals surface area (Å²) >= 11 is 0. The molecule has 29 heavy (non-hydrogen) atoms. The summed E-state index contributed by atoms with van der Waals surface area (Å²) in [5.74, 6) is -0.168. The topological polar surface area (TPSA) is 62.1 Å². The fourth-order valence-electron chi connectivity index (χ4n) is 2.69. The van der Waals surface area contributed by atoms with Crippen molar-refractivity contribution in [2.75, 3.05) is 5.32 Å². The van der Waals surface area contributed by atoms with Gasteiger partial charge in [0.25, 0.3) is 5.91 Å². The van der Waals surface area contributed by atoms with Crippen molar-refractivity contribution in [1.29, 1.82) is 5.26 Å². The molecule has 0 aliphatic heterocycles. The standard InChI is InChI=1S/C24H19FN2O2/c1-17-4-2-7-22(12-17)27-24(28)20(15-26)13-18-8-10-23(11-9-18)29-16-19-5-3-6-21(25)14-19/h2-14H,16H2,1H3,(H,27,28)/b20-13-. The zero-order chi connectivity index (χ0) is 20.6. The Labute approximate surface area is 168 Å². The Morgan fingerprint density at radius 3 is 2.55 bits per heavy atom. The van der Waals surface area contributed by atoms with Crippen molar-refractivity contribution < 1.29 is 13.9 Å². The number of anilines is 1. The molecule has 4 nitrogen and oxygen atoms in total. The molecule has 0 spiro atoms. The summed E-state index contributed by atoms with van der Waals surface area (Å²) in [6.07, 6.45) is 1.52. The quantitative estimate of drug-likeness (QED) is 0.464. The third kappa shape index (κ3) is 5.78. The zero-order valence-corrected chi connectivity index (χ0v) is 15.9. The number of rotatable bonds is 6. The largest absolute Gasteiger partial charge is 0.489 e. The van der Waals surface area contributed by atoms with E-state index in [4.69, 9.17) is 4.74 Å². The number of benzene rings is 3. The van der Waals surface area contributed by atoms with Crippen LogP contribution in [0.15, 0.2) is 78.4 Å². The molecule has 0 radical (unpaired) electrons. The second-order valence-electron chi connectivity index (χ2n) is 6.48. The predicted molar refractivity (Wildman–Crippen MR) is 111 cm³/mol. The maximum atomic E-state index is 13.2. The molecule has 1 N–H and O–H groups in total. The van der Waals surface area contributed by atoms with E-state index < -0.39 is 5.91 Å². The molecule has 3 aromatic carbocycles. The summed E-state index contributed by atoms with van der Waals surface area (Å²) in [6, 6.07) is 22.5. The minimum Gasteiger partial charge on any atom is -0.489 e. The molecule has 5 heteroatoms. The van der Waals surface area contributed by atoms with Gasteiger partial charge in [0, 0.05) is 5.69 Å². The van der Waals surface area contributed by atoms with E-state index in [1.807, 2.05) is 31.2 Å². The van der Waals surface area contributed by atoms with Crippen molar-refractivity contribution in [3.63, 3.8) is 0 Å². The van der Waals surface area contributed by atoms with Crippen LogP contribution in [0.4, 0.5) is 10.1 Å². The summed E-state index contributed by atoms with van der Waals surface area (Å²) in [4.78, 5) is 12.4. The van der Waals surface area contributed by atoms with Crippen LogP contribution in [0.5, 0.6) is 5.75 Å². The third-order valence-electron chi connectivity index (χ3n) is 4.13. The van der Waals surface area contributed by atoms with E-state index in [9.17, 15) is 14.4 Å². The van der Waals surface area contributed by atoms with Crippen LogP contribution in [0, 0.1) is 24.1 Å². The van der Waals surface area contributed by atoms with E-state index in [0.29, 0.717) is 17.0 Å². The molecule has 144 valence electrons. The molecular formula is C24H19FN2O2. The molecule has 0 atom stereocenters. The normalized spacial score (nSPS) is 10.9. The average molecular weight is 386 g/mol. The average Bonchev–Trinajstić information content (AvgIpc) is 2.71. The van der Waals surface area contributed by atoms with E-state index in [-0.39, 0.29) is 18.0 Å². The van der Waals surface area contributed by atoms with Crippen molar-refractivity contribution in [2.24, 2.45) is 0 Å². The van der Waals surface area contributed by atoms with Crippen LogP contribution in [-0.4, -0.2) is 5.91 Å². The Bertz CT molecular complexity index is 1080. The molecule has 1 amide bonds. The SMILES string of the molecule is Cc1cccc(NC(=O)/C(C#N)=C\c2ccc(OCc3cccc(F)c3)cc2)c1. The van der Waals surface area contributed by atoms with Gasteiger partial charge >= 0.3 is 0 Å². The Morgan fingerprint density at radius 1 is 1.10 bits per heavy atom. The Balaban J connectivity index is 1.65. The van der Waals surface area contributed by atoms with Crippen LogP contribution in [0.3, 0.4) is 0 Å². The minimum atomic E-state index is -0.468. The van der Waals surface area contributed by atoms with Gasteiger partial charge in [0.1, 0.15) is 29.8 Å². The van der Waals surface area contributed by atoms with Gasteiger partial charge in [0.2, 0.25) is 0 Å². The molecule has 0 saturated heterocycles. The molecule has 0 aliphatic carbocycles. The molecule has 3 aromatic rings. The maximum Gasteiger partial charge on any atom is 0.266 e. The first-order chi connectivity index (χ1) is 14.0. The lowest BCUT2D eigenvalue weighted by Gasteiger charge is -2.07. The van der Waals surface area contributed by atoms with Crippen LogP contribution < -0.4 is 10.1 Å². The first-order valence-corrected chi connectivity index (χ1v) is 9.00. The molecule has 0 saturated carbocycles. The van der Waals surface area contributed by atoms with Gasteiger partial charge in [-0.3, -0.25) is 4.79 Å². The molecule has 0 unspecified atom stereocenters. The fourth-order valence-corrected chi connectivity index (χ4v) is 2.69. The van der Waals surface area contributed by atoms with Crippen LogP contribution in [-0.2, 0) is 11.4 Å². The highest BCUT2D eigenvalue weighted by atomic mass is 19.1. The molecule has 0 bridgehead atoms. The Hall–Kier alpha value is -3.91. The lowest BCUT2D eigenvalue weighted by molar-refractivity contribution is -0.112. The van der Waals surface area contributed by atoms with Crippen molar-refractivity contribution in [3.05, 3.63) is 101 Å². The highest BCUT2D eigenvalue weighted by Gasteiger charge is 2.09. The number of nitrogens with one attached hydrogen (secondary N) is 1. The number of carbonyl (C=O) groups is 1. The van der Waals surface area contributed by atoms with Gasteiger partial charge in [-0.1, -0.05) is 36.4 Å². The molecule has 0 aliphatic rings. The van der Waals surface area contributed by atoms with E-state index in [0.717, 1.165) is 11.1 Å². The van der Waals surface area contributed by atoms with Crippen LogP contribution >= 0.6 is 0 Å². The number of amides is 1. The smallest absolute Gasteiger partial charge is 0.266 e. The number of nitrogens with zero attached hydrogens (tertiary/aromatic N) is 1. The lowest BCUT2D eigenvalue weighted by atomic mass is 10.1. The van der Waals surface area contributed by atoms with Crippen LogP contribution in [0.1, 0.15) is 16.7 Å². The van der Waals surface area contributed by atoms with Gasteiger partial charge in [-0.15, -0.1) is 0 Å². The van der Waals surface area contributed by atoms with Gasteiger partial charge in [0.05, 0.1) is 0 Å². The van der Waals surface area contributed by atoms with Crippen LogP contribution in [0.2, 0.25) is 0 Å². The number of carbonyl (C=O) groups excluding carboxylic acids is 1. The van der Waals surface area contributed by atoms with Gasteiger partial charge in [-0.25, -0.2) is 4.39 Å². The van der Waals surface area contributed by atoms with Gasteiger partial charge in [-0.05, 0) is 66.1 Å². The summed E-state index contributed by atoms with van der Waals surface area (Å²) in [6.45, 7) is 2.17. The van der Waals surface area contributed by atoms with Gasteiger partial charge in [0.15, 0.2) is 0 Å². The van der Waals surface area contributed by atoms with Crippen LogP contribution in [0.25, 0.3) is 6.08 Å². The molecular weight excluding hydrogens is 367 g/mol. The fraction of sp³-hybridized carbons (Fsp3) is 0.0833. The Kier molecular flexibility index (Phi) is 6.39. The molecule has 0 heterocycles. The molecule has 0 aromatic heterocycles. The Morgan fingerprint density at radius 2 is 1.86 bits per heavy atom. The summed E-state index contributed by atoms with van der Waals surface area (Å²) < 4.78 is 18.8.